The Bertz CT molecular complexity index is 512. The maximum Gasteiger partial charge on any atom is 0.254 e. The van der Waals surface area contributed by atoms with Gasteiger partial charge in [-0.2, -0.15) is 0 Å². The summed E-state index contributed by atoms with van der Waals surface area (Å²) in [5.74, 6) is -0.229. The molecule has 1 aromatic rings. The fraction of sp³-hybridized carbons (Fsp3) is 0.500. The van der Waals surface area contributed by atoms with Gasteiger partial charge in [-0.25, -0.2) is 0 Å². The maximum absolute atomic E-state index is 12.2. The van der Waals surface area contributed by atoms with Crippen molar-refractivity contribution in [3.8, 4) is 5.88 Å². The van der Waals surface area contributed by atoms with Crippen molar-refractivity contribution in [2.24, 2.45) is 11.7 Å². The number of rotatable bonds is 2. The molecule has 0 bridgehead atoms. The minimum absolute atomic E-state index is 0.104. The van der Waals surface area contributed by atoms with Crippen molar-refractivity contribution in [3.05, 3.63) is 28.0 Å². The van der Waals surface area contributed by atoms with E-state index in [9.17, 15) is 14.7 Å². The van der Waals surface area contributed by atoms with Gasteiger partial charge in [0.25, 0.3) is 11.5 Å². The van der Waals surface area contributed by atoms with Gasteiger partial charge in [0, 0.05) is 24.7 Å². The van der Waals surface area contributed by atoms with Crippen LogP contribution in [0.15, 0.2) is 16.9 Å². The molecule has 2 unspecified atom stereocenters. The predicted molar refractivity (Wildman–Crippen MR) is 66.4 cm³/mol. The van der Waals surface area contributed by atoms with Crippen LogP contribution in [0.4, 0.5) is 0 Å². The maximum atomic E-state index is 12.2. The number of amides is 1. The number of nitrogens with zero attached hydrogens (tertiary/aromatic N) is 1. The number of likely N-dealkylation sites (tertiary alicyclic amines) is 1. The molecule has 0 aliphatic carbocycles. The average molecular weight is 251 g/mol. The van der Waals surface area contributed by atoms with Gasteiger partial charge in [-0.15, -0.1) is 0 Å². The number of nitrogens with one attached hydrogen (secondary N) is 1. The lowest BCUT2D eigenvalue weighted by Crippen LogP contribution is -2.35. The molecule has 2 rings (SSSR count). The topological polar surface area (TPSA) is 99.4 Å². The monoisotopic (exact) mass is 251 g/mol. The molecule has 98 valence electrons. The van der Waals surface area contributed by atoms with Gasteiger partial charge in [0.2, 0.25) is 0 Å². The summed E-state index contributed by atoms with van der Waals surface area (Å²) in [7, 11) is 0. The molecule has 2 heterocycles. The molecular weight excluding hydrogens is 234 g/mol. The zero-order valence-corrected chi connectivity index (χ0v) is 10.2. The second-order valence-electron chi connectivity index (χ2n) is 4.76. The van der Waals surface area contributed by atoms with Crippen LogP contribution in [-0.2, 0) is 0 Å². The Balaban J connectivity index is 2.23. The van der Waals surface area contributed by atoms with E-state index in [0.717, 1.165) is 6.42 Å². The molecule has 1 aliphatic heterocycles. The summed E-state index contributed by atoms with van der Waals surface area (Å²) in [6.07, 6.45) is 0.872. The van der Waals surface area contributed by atoms with E-state index in [1.54, 1.807) is 4.90 Å². The predicted octanol–water partition coefficient (Wildman–Crippen LogP) is -0.110. The second-order valence-corrected chi connectivity index (χ2v) is 4.76. The highest BCUT2D eigenvalue weighted by atomic mass is 16.3. The van der Waals surface area contributed by atoms with E-state index in [1.165, 1.54) is 12.1 Å². The molecule has 0 aromatic carbocycles. The van der Waals surface area contributed by atoms with Crippen molar-refractivity contribution < 1.29 is 9.90 Å². The molecule has 4 N–H and O–H groups in total. The molecule has 2 atom stereocenters. The van der Waals surface area contributed by atoms with E-state index in [0.29, 0.717) is 19.0 Å². The molecule has 1 fully saturated rings. The van der Waals surface area contributed by atoms with E-state index < -0.39 is 5.56 Å². The third kappa shape index (κ3) is 2.38. The number of aromatic nitrogens is 1. The Morgan fingerprint density at radius 3 is 2.89 bits per heavy atom. The Labute approximate surface area is 104 Å². The van der Waals surface area contributed by atoms with Gasteiger partial charge in [0.1, 0.15) is 0 Å². The standard InChI is InChI=1S/C12H17N3O3/c1-7-2-8(5-13)6-15(7)12(18)9-3-10(16)14-11(17)4-9/h3-4,7-8H,2,5-6,13H2,1H3,(H2,14,16,17). The number of pyridine rings is 1. The van der Waals surface area contributed by atoms with Crippen LogP contribution >= 0.6 is 0 Å². The highest BCUT2D eigenvalue weighted by Gasteiger charge is 2.32. The lowest BCUT2D eigenvalue weighted by Gasteiger charge is -2.21. The van der Waals surface area contributed by atoms with Gasteiger partial charge in [-0.05, 0) is 25.8 Å². The smallest absolute Gasteiger partial charge is 0.254 e. The van der Waals surface area contributed by atoms with Crippen molar-refractivity contribution in [1.82, 2.24) is 9.88 Å². The Morgan fingerprint density at radius 2 is 2.33 bits per heavy atom. The van der Waals surface area contributed by atoms with Gasteiger partial charge >= 0.3 is 0 Å². The molecule has 0 radical (unpaired) electrons. The van der Waals surface area contributed by atoms with Crippen molar-refractivity contribution in [2.45, 2.75) is 19.4 Å². The normalized spacial score (nSPS) is 23.3. The molecule has 1 saturated heterocycles. The van der Waals surface area contributed by atoms with Gasteiger partial charge in [0.15, 0.2) is 5.88 Å². The van der Waals surface area contributed by atoms with Gasteiger partial charge in [0.05, 0.1) is 5.56 Å². The number of hydrogen-bond donors (Lipinski definition) is 3. The molecular formula is C12H17N3O3. The second kappa shape index (κ2) is 4.81. The van der Waals surface area contributed by atoms with Crippen LogP contribution in [-0.4, -0.2) is 40.0 Å². The van der Waals surface area contributed by atoms with Crippen molar-refractivity contribution in [3.63, 3.8) is 0 Å². The largest absolute Gasteiger partial charge is 0.494 e. The minimum Gasteiger partial charge on any atom is -0.494 e. The van der Waals surface area contributed by atoms with Crippen LogP contribution in [0.3, 0.4) is 0 Å². The molecule has 1 aliphatic rings. The Kier molecular flexibility index (Phi) is 3.38. The average Bonchev–Trinajstić information content (AvgIpc) is 2.68. The number of carbonyl (C=O) groups is 1. The van der Waals surface area contributed by atoms with Gasteiger partial charge in [-0.3, -0.25) is 14.6 Å². The van der Waals surface area contributed by atoms with Crippen LogP contribution < -0.4 is 11.3 Å². The number of nitrogens with two attached hydrogens (primary N) is 1. The Morgan fingerprint density at radius 1 is 1.61 bits per heavy atom. The molecule has 6 heteroatoms. The van der Waals surface area contributed by atoms with Crippen molar-refractivity contribution >= 4 is 5.91 Å². The lowest BCUT2D eigenvalue weighted by molar-refractivity contribution is 0.0742. The minimum atomic E-state index is -0.486. The van der Waals surface area contributed by atoms with Crippen LogP contribution in [0.1, 0.15) is 23.7 Å². The summed E-state index contributed by atoms with van der Waals surface area (Å²) in [5, 5.41) is 9.30. The number of hydrogen-bond acceptors (Lipinski definition) is 4. The molecule has 0 saturated carbocycles. The summed E-state index contributed by atoms with van der Waals surface area (Å²) in [4.78, 5) is 27.4. The summed E-state index contributed by atoms with van der Waals surface area (Å²) in [6.45, 7) is 3.11. The molecule has 1 amide bonds. The third-order valence-electron chi connectivity index (χ3n) is 3.33. The fourth-order valence-corrected chi connectivity index (χ4v) is 2.41. The summed E-state index contributed by atoms with van der Waals surface area (Å²) < 4.78 is 0. The lowest BCUT2D eigenvalue weighted by atomic mass is 10.1. The van der Waals surface area contributed by atoms with Crippen LogP contribution in [0, 0.1) is 5.92 Å². The first-order valence-electron chi connectivity index (χ1n) is 5.95. The molecule has 6 nitrogen and oxygen atoms in total. The Hall–Kier alpha value is -1.82. The van der Waals surface area contributed by atoms with Crippen LogP contribution in [0.5, 0.6) is 5.88 Å². The SMILES string of the molecule is CC1CC(CN)CN1C(=O)c1cc(O)[nH]c(=O)c1. The van der Waals surface area contributed by atoms with Gasteiger partial charge < -0.3 is 15.7 Å². The van der Waals surface area contributed by atoms with E-state index >= 15 is 0 Å². The highest BCUT2D eigenvalue weighted by Crippen LogP contribution is 2.24. The first-order valence-corrected chi connectivity index (χ1v) is 5.95. The highest BCUT2D eigenvalue weighted by molar-refractivity contribution is 5.94. The van der Waals surface area contributed by atoms with E-state index in [2.05, 4.69) is 4.98 Å². The van der Waals surface area contributed by atoms with E-state index in [4.69, 9.17) is 5.73 Å². The molecule has 18 heavy (non-hydrogen) atoms. The molecule has 1 aromatic heterocycles. The molecule has 0 spiro atoms. The van der Waals surface area contributed by atoms with Crippen molar-refractivity contribution in [2.75, 3.05) is 13.1 Å². The van der Waals surface area contributed by atoms with E-state index in [-0.39, 0.29) is 23.4 Å². The first-order chi connectivity index (χ1) is 8.51. The number of aromatic amines is 1. The van der Waals surface area contributed by atoms with Crippen molar-refractivity contribution in [1.29, 1.82) is 0 Å². The van der Waals surface area contributed by atoms with Gasteiger partial charge in [-0.1, -0.05) is 0 Å². The quantitative estimate of drug-likeness (QED) is 0.682. The van der Waals surface area contributed by atoms with Crippen LogP contribution in [0.2, 0.25) is 0 Å². The number of aromatic hydroxyl groups is 1. The number of H-pyrrole nitrogens is 1. The number of carbonyl (C=O) groups excluding carboxylic acids is 1. The zero-order chi connectivity index (χ0) is 13.3. The zero-order valence-electron chi connectivity index (χ0n) is 10.2. The van der Waals surface area contributed by atoms with Crippen LogP contribution in [0.25, 0.3) is 0 Å². The summed E-state index contributed by atoms with van der Waals surface area (Å²) in [6, 6.07) is 2.57. The van der Waals surface area contributed by atoms with E-state index in [1.807, 2.05) is 6.92 Å². The summed E-state index contributed by atoms with van der Waals surface area (Å²) >= 11 is 0. The first kappa shape index (κ1) is 12.6. The third-order valence-corrected chi connectivity index (χ3v) is 3.33. The summed E-state index contributed by atoms with van der Waals surface area (Å²) in [5.41, 5.74) is 5.34. The fourth-order valence-electron chi connectivity index (χ4n) is 2.41.